The molecule has 0 saturated heterocycles. The zero-order chi connectivity index (χ0) is 25.2. The van der Waals surface area contributed by atoms with E-state index >= 15 is 0 Å². The minimum atomic E-state index is -1.38. The molecule has 1 heterocycles. The Labute approximate surface area is 209 Å². The Morgan fingerprint density at radius 2 is 1.79 bits per heavy atom. The lowest BCUT2D eigenvalue weighted by molar-refractivity contribution is -0.149. The van der Waals surface area contributed by atoms with E-state index in [1.807, 2.05) is 20.8 Å². The molecule has 9 heteroatoms. The minimum Gasteiger partial charge on any atom is -0.376 e. The van der Waals surface area contributed by atoms with Crippen molar-refractivity contribution in [1.82, 2.24) is 4.90 Å². The summed E-state index contributed by atoms with van der Waals surface area (Å²) < 4.78 is 11.1. The second-order valence-electron chi connectivity index (χ2n) is 9.28. The molecule has 0 aliphatic carbocycles. The van der Waals surface area contributed by atoms with Gasteiger partial charge in [0.2, 0.25) is 6.23 Å². The van der Waals surface area contributed by atoms with Gasteiger partial charge in [-0.1, -0.05) is 69.1 Å². The highest BCUT2D eigenvalue weighted by atomic mass is 35.5. The molecule has 2 atom stereocenters. The van der Waals surface area contributed by atoms with Crippen LogP contribution >= 0.6 is 23.2 Å². The Bertz CT molecular complexity index is 1100. The third-order valence-electron chi connectivity index (χ3n) is 5.25. The van der Waals surface area contributed by atoms with E-state index in [0.717, 1.165) is 4.90 Å². The maximum absolute atomic E-state index is 13.8. The van der Waals surface area contributed by atoms with Gasteiger partial charge in [0.1, 0.15) is 6.10 Å². The molecule has 2 aromatic rings. The van der Waals surface area contributed by atoms with Crippen LogP contribution in [0.25, 0.3) is 0 Å². The predicted molar refractivity (Wildman–Crippen MR) is 131 cm³/mol. The number of benzene rings is 2. The molecule has 0 fully saturated rings. The Hall–Kier alpha value is -2.61. The maximum Gasteiger partial charge on any atom is 0.419 e. The van der Waals surface area contributed by atoms with E-state index in [2.05, 4.69) is 0 Å². The summed E-state index contributed by atoms with van der Waals surface area (Å²) in [6.07, 6.45) is -3.17. The highest BCUT2D eigenvalue weighted by Crippen LogP contribution is 2.42. The molecule has 182 valence electrons. The van der Waals surface area contributed by atoms with Crippen LogP contribution in [0.5, 0.6) is 0 Å². The molecule has 0 N–H and O–H groups in total. The fourth-order valence-electron chi connectivity index (χ4n) is 3.65. The van der Waals surface area contributed by atoms with Crippen LogP contribution in [0.1, 0.15) is 51.3 Å². The molecule has 0 saturated carbocycles. The number of hydrogen-bond acceptors (Lipinski definition) is 5. The van der Waals surface area contributed by atoms with Crippen LogP contribution < -0.4 is 4.90 Å². The Morgan fingerprint density at radius 1 is 1.12 bits per heavy atom. The summed E-state index contributed by atoms with van der Waals surface area (Å²) in [4.78, 5) is 40.8. The summed E-state index contributed by atoms with van der Waals surface area (Å²) in [5, 5.41) is 0.891. The summed E-state index contributed by atoms with van der Waals surface area (Å²) in [7, 11) is 1.36. The van der Waals surface area contributed by atoms with Gasteiger partial charge < -0.3 is 14.4 Å². The lowest BCUT2D eigenvalue weighted by atomic mass is 9.94. The monoisotopic (exact) mass is 506 g/mol. The van der Waals surface area contributed by atoms with Crippen molar-refractivity contribution in [2.45, 2.75) is 46.4 Å². The fraction of sp³-hybridized carbons (Fsp3) is 0.400. The molecular weight excluding hydrogens is 479 g/mol. The number of anilines is 1. The highest BCUT2D eigenvalue weighted by Gasteiger charge is 2.42. The smallest absolute Gasteiger partial charge is 0.376 e. The number of fused-ring (bicyclic) bond motifs is 1. The summed E-state index contributed by atoms with van der Waals surface area (Å²) >= 11 is 12.9. The number of hydrogen-bond donors (Lipinski definition) is 0. The van der Waals surface area contributed by atoms with Gasteiger partial charge in [0.25, 0.3) is 5.91 Å². The van der Waals surface area contributed by atoms with Crippen molar-refractivity contribution in [2.24, 2.45) is 5.41 Å². The van der Waals surface area contributed by atoms with Crippen molar-refractivity contribution >= 4 is 46.9 Å². The number of esters is 1. The average Bonchev–Trinajstić information content (AvgIpc) is 2.87. The number of rotatable bonds is 4. The van der Waals surface area contributed by atoms with Gasteiger partial charge in [-0.2, -0.15) is 0 Å². The van der Waals surface area contributed by atoms with Crippen molar-refractivity contribution in [3.8, 4) is 0 Å². The molecule has 0 unspecified atom stereocenters. The molecule has 7 nitrogen and oxygen atoms in total. The zero-order valence-corrected chi connectivity index (χ0v) is 21.3. The molecule has 2 amide bonds. The second kappa shape index (κ2) is 10.3. The summed E-state index contributed by atoms with van der Waals surface area (Å²) in [6.45, 7) is 7.91. The number of ether oxygens (including phenoxy) is 2. The lowest BCUT2D eigenvalue weighted by Crippen LogP contribution is -2.52. The number of carbonyl (C=O) groups is 3. The first kappa shape index (κ1) is 26.0. The number of halogens is 2. The van der Waals surface area contributed by atoms with Crippen LogP contribution in [0.4, 0.5) is 10.5 Å². The van der Waals surface area contributed by atoms with E-state index in [-0.39, 0.29) is 11.8 Å². The summed E-state index contributed by atoms with van der Waals surface area (Å²) in [6, 6.07) is 12.3. The van der Waals surface area contributed by atoms with E-state index in [9.17, 15) is 14.4 Å². The third-order valence-corrected chi connectivity index (χ3v) is 5.83. The van der Waals surface area contributed by atoms with Crippen molar-refractivity contribution in [1.29, 1.82) is 0 Å². The SMILES string of the molecule is CCC(=O)OC(=O)N(C)[C@@H]1O[C@@H](c2ccccc2Cl)c2cc(Cl)ccc2N(CC(C)(C)C)C1=O. The first-order valence-electron chi connectivity index (χ1n) is 10.9. The Kier molecular flexibility index (Phi) is 7.91. The summed E-state index contributed by atoms with van der Waals surface area (Å²) in [5.41, 5.74) is 1.56. The van der Waals surface area contributed by atoms with Gasteiger partial charge in [0.15, 0.2) is 0 Å². The van der Waals surface area contributed by atoms with Gasteiger partial charge in [-0.15, -0.1) is 0 Å². The van der Waals surface area contributed by atoms with Gasteiger partial charge in [-0.3, -0.25) is 14.5 Å². The van der Waals surface area contributed by atoms with Crippen molar-refractivity contribution < 1.29 is 23.9 Å². The van der Waals surface area contributed by atoms with Crippen molar-refractivity contribution in [3.05, 3.63) is 63.6 Å². The molecule has 34 heavy (non-hydrogen) atoms. The van der Waals surface area contributed by atoms with Gasteiger partial charge >= 0.3 is 12.1 Å². The molecule has 1 aliphatic heterocycles. The van der Waals surface area contributed by atoms with E-state index in [4.69, 9.17) is 32.7 Å². The summed E-state index contributed by atoms with van der Waals surface area (Å²) in [5.74, 6) is -1.18. The molecule has 0 bridgehead atoms. The Morgan fingerprint density at radius 3 is 2.41 bits per heavy atom. The minimum absolute atomic E-state index is 0.0153. The van der Waals surface area contributed by atoms with Crippen LogP contribution in [-0.2, 0) is 19.1 Å². The van der Waals surface area contributed by atoms with E-state index in [1.54, 1.807) is 54.3 Å². The molecule has 0 aromatic heterocycles. The molecule has 0 spiro atoms. The van der Waals surface area contributed by atoms with Gasteiger partial charge in [-0.25, -0.2) is 4.79 Å². The van der Waals surface area contributed by atoms with E-state index < -0.39 is 30.3 Å². The number of nitrogens with zero attached hydrogens (tertiary/aromatic N) is 2. The number of likely N-dealkylation sites (N-methyl/N-ethyl adjacent to an activating group) is 1. The highest BCUT2D eigenvalue weighted by molar-refractivity contribution is 6.31. The number of amides is 2. The molecular formula is C25H28Cl2N2O5. The first-order valence-corrected chi connectivity index (χ1v) is 11.7. The standard InChI is InChI=1S/C25H28Cl2N2O5/c1-6-20(30)33-24(32)28(5)23-22(31)29(14-25(2,3)4)19-12-11-15(26)13-17(19)21(34-23)16-9-7-8-10-18(16)27/h7-13,21,23H,6,14H2,1-5H3/t21-,23+/m0/s1. The third kappa shape index (κ3) is 5.71. The topological polar surface area (TPSA) is 76.2 Å². The van der Waals surface area contributed by atoms with Crippen LogP contribution in [0.15, 0.2) is 42.5 Å². The predicted octanol–water partition coefficient (Wildman–Crippen LogP) is 5.82. The van der Waals surface area contributed by atoms with E-state index in [1.165, 1.54) is 7.05 Å². The molecule has 1 aliphatic rings. The van der Waals surface area contributed by atoms with Crippen LogP contribution in [0.3, 0.4) is 0 Å². The quantitative estimate of drug-likeness (QED) is 0.385. The van der Waals surface area contributed by atoms with Gasteiger partial charge in [-0.05, 0) is 29.7 Å². The zero-order valence-electron chi connectivity index (χ0n) is 19.8. The fourth-order valence-corrected chi connectivity index (χ4v) is 4.07. The largest absolute Gasteiger partial charge is 0.419 e. The normalized spacial score (nSPS) is 18.2. The maximum atomic E-state index is 13.8. The van der Waals surface area contributed by atoms with E-state index in [0.29, 0.717) is 33.4 Å². The second-order valence-corrected chi connectivity index (χ2v) is 10.1. The van der Waals surface area contributed by atoms with Crippen LogP contribution in [-0.4, -0.2) is 42.7 Å². The van der Waals surface area contributed by atoms with Crippen LogP contribution in [0, 0.1) is 5.41 Å². The average molecular weight is 507 g/mol. The van der Waals surface area contributed by atoms with Crippen molar-refractivity contribution in [3.63, 3.8) is 0 Å². The first-order chi connectivity index (χ1) is 15.9. The molecule has 3 rings (SSSR count). The number of carbonyl (C=O) groups excluding carboxylic acids is 3. The van der Waals surface area contributed by atoms with Crippen LogP contribution in [0.2, 0.25) is 10.0 Å². The van der Waals surface area contributed by atoms with Gasteiger partial charge in [0, 0.05) is 41.2 Å². The lowest BCUT2D eigenvalue weighted by Gasteiger charge is -2.33. The molecule has 2 aromatic carbocycles. The molecule has 0 radical (unpaired) electrons. The Balaban J connectivity index is 2.18. The van der Waals surface area contributed by atoms with Gasteiger partial charge in [0.05, 0.1) is 5.69 Å². The van der Waals surface area contributed by atoms with Crippen molar-refractivity contribution in [2.75, 3.05) is 18.5 Å².